The van der Waals surface area contributed by atoms with Crippen molar-refractivity contribution in [2.24, 2.45) is 11.0 Å². The monoisotopic (exact) mass is 485 g/mol. The highest BCUT2D eigenvalue weighted by atomic mass is 16.5. The summed E-state index contributed by atoms with van der Waals surface area (Å²) in [5.41, 5.74) is 4.37. The Labute approximate surface area is 211 Å². The summed E-state index contributed by atoms with van der Waals surface area (Å²) in [6, 6.07) is 11.7. The summed E-state index contributed by atoms with van der Waals surface area (Å²) in [6.45, 7) is 3.87. The van der Waals surface area contributed by atoms with E-state index in [1.54, 1.807) is 14.2 Å². The van der Waals surface area contributed by atoms with E-state index in [2.05, 4.69) is 21.0 Å². The van der Waals surface area contributed by atoms with E-state index in [9.17, 15) is 0 Å². The maximum Gasteiger partial charge on any atom is 0.124 e. The van der Waals surface area contributed by atoms with Crippen LogP contribution in [0.2, 0.25) is 0 Å². The fraction of sp³-hybridized carbons (Fsp3) is 0.393. The zero-order valence-corrected chi connectivity index (χ0v) is 20.8. The SMILES string of the molecule is C#CCN(c1cc(OC)cc(OC)c1)c1ccc2ncc(C3C=NN(CC4CCOCC4)C3)nc2c1. The van der Waals surface area contributed by atoms with Crippen LogP contribution in [0.4, 0.5) is 11.4 Å². The van der Waals surface area contributed by atoms with Crippen molar-refractivity contribution in [3.63, 3.8) is 0 Å². The number of methoxy groups -OCH3 is 2. The van der Waals surface area contributed by atoms with E-state index in [0.29, 0.717) is 24.0 Å². The molecule has 1 aromatic heterocycles. The molecule has 3 aromatic rings. The fourth-order valence-electron chi connectivity index (χ4n) is 4.75. The third kappa shape index (κ3) is 5.21. The van der Waals surface area contributed by atoms with E-state index in [1.807, 2.05) is 53.7 Å². The predicted octanol–water partition coefficient (Wildman–Crippen LogP) is 4.23. The van der Waals surface area contributed by atoms with Crippen LogP contribution >= 0.6 is 0 Å². The molecule has 8 nitrogen and oxygen atoms in total. The zero-order valence-electron chi connectivity index (χ0n) is 20.8. The summed E-state index contributed by atoms with van der Waals surface area (Å²) < 4.78 is 16.4. The first-order chi connectivity index (χ1) is 17.7. The van der Waals surface area contributed by atoms with Gasteiger partial charge in [0.2, 0.25) is 0 Å². The quantitative estimate of drug-likeness (QED) is 0.442. The van der Waals surface area contributed by atoms with Crippen LogP contribution < -0.4 is 14.4 Å². The first-order valence-electron chi connectivity index (χ1n) is 12.2. The average Bonchev–Trinajstić information content (AvgIpc) is 3.39. The third-order valence-corrected chi connectivity index (χ3v) is 6.76. The Bertz CT molecular complexity index is 1260. The first-order valence-corrected chi connectivity index (χ1v) is 12.2. The van der Waals surface area contributed by atoms with E-state index in [0.717, 1.165) is 67.2 Å². The van der Waals surface area contributed by atoms with Gasteiger partial charge in [-0.3, -0.25) is 9.99 Å². The smallest absolute Gasteiger partial charge is 0.124 e. The molecule has 186 valence electrons. The number of anilines is 2. The van der Waals surface area contributed by atoms with Crippen LogP contribution in [0, 0.1) is 18.3 Å². The van der Waals surface area contributed by atoms with E-state index in [-0.39, 0.29) is 5.92 Å². The molecule has 0 aliphatic carbocycles. The van der Waals surface area contributed by atoms with Crippen LogP contribution in [0.1, 0.15) is 24.5 Å². The zero-order chi connectivity index (χ0) is 24.9. The van der Waals surface area contributed by atoms with Gasteiger partial charge in [0.1, 0.15) is 11.5 Å². The lowest BCUT2D eigenvalue weighted by atomic mass is 10.00. The van der Waals surface area contributed by atoms with Crippen molar-refractivity contribution in [3.8, 4) is 23.8 Å². The molecule has 5 rings (SSSR count). The second-order valence-electron chi connectivity index (χ2n) is 9.13. The number of fused-ring (bicyclic) bond motifs is 1. The van der Waals surface area contributed by atoms with Gasteiger partial charge in [-0.25, -0.2) is 4.98 Å². The van der Waals surface area contributed by atoms with Gasteiger partial charge in [0, 0.05) is 68.3 Å². The van der Waals surface area contributed by atoms with Crippen LogP contribution in [0.15, 0.2) is 47.7 Å². The minimum absolute atomic E-state index is 0.120. The maximum absolute atomic E-state index is 5.74. The number of hydrogen-bond acceptors (Lipinski definition) is 8. The van der Waals surface area contributed by atoms with Crippen LogP contribution in [0.5, 0.6) is 11.5 Å². The lowest BCUT2D eigenvalue weighted by Crippen LogP contribution is -2.29. The second-order valence-corrected chi connectivity index (χ2v) is 9.13. The molecule has 0 spiro atoms. The lowest BCUT2D eigenvalue weighted by Gasteiger charge is -2.26. The van der Waals surface area contributed by atoms with Crippen LogP contribution in [-0.2, 0) is 4.74 Å². The summed E-state index contributed by atoms with van der Waals surface area (Å²) >= 11 is 0. The van der Waals surface area contributed by atoms with Gasteiger partial charge >= 0.3 is 0 Å². The van der Waals surface area contributed by atoms with E-state index < -0.39 is 0 Å². The summed E-state index contributed by atoms with van der Waals surface area (Å²) in [7, 11) is 3.27. The van der Waals surface area contributed by atoms with Crippen molar-refractivity contribution in [1.82, 2.24) is 15.0 Å². The standard InChI is InChI=1S/C28H31N5O3/c1-4-9-33(23-12-24(34-2)15-25(13-23)35-3)22-5-6-26-27(14-22)31-28(17-29-26)21-16-30-32(19-21)18-20-7-10-36-11-8-20/h1,5-6,12-17,20-21H,7-11,18-19H2,2-3H3. The highest BCUT2D eigenvalue weighted by molar-refractivity contribution is 5.82. The highest BCUT2D eigenvalue weighted by Gasteiger charge is 2.25. The fourth-order valence-corrected chi connectivity index (χ4v) is 4.75. The molecule has 1 saturated heterocycles. The third-order valence-electron chi connectivity index (χ3n) is 6.76. The minimum atomic E-state index is 0.120. The Morgan fingerprint density at radius 2 is 1.83 bits per heavy atom. The van der Waals surface area contributed by atoms with Gasteiger partial charge in [0.25, 0.3) is 0 Å². The normalized spacial score (nSPS) is 17.8. The highest BCUT2D eigenvalue weighted by Crippen LogP contribution is 2.34. The molecule has 0 amide bonds. The van der Waals surface area contributed by atoms with E-state index in [1.165, 1.54) is 0 Å². The van der Waals surface area contributed by atoms with Crippen LogP contribution in [0.25, 0.3) is 11.0 Å². The summed E-state index contributed by atoms with van der Waals surface area (Å²) in [5.74, 6) is 4.91. The molecule has 2 aliphatic heterocycles. The Morgan fingerprint density at radius 3 is 2.56 bits per heavy atom. The molecule has 0 N–H and O–H groups in total. The summed E-state index contributed by atoms with van der Waals surface area (Å²) in [6.07, 6.45) is 11.8. The second kappa shape index (κ2) is 10.8. The van der Waals surface area contributed by atoms with Crippen LogP contribution in [-0.4, -0.2) is 68.3 Å². The van der Waals surface area contributed by atoms with Crippen molar-refractivity contribution in [2.75, 3.05) is 52.0 Å². The molecular weight excluding hydrogens is 454 g/mol. The predicted molar refractivity (Wildman–Crippen MR) is 141 cm³/mol. The molecular formula is C28H31N5O3. The number of nitrogens with zero attached hydrogens (tertiary/aromatic N) is 5. The Morgan fingerprint density at radius 1 is 1.06 bits per heavy atom. The summed E-state index contributed by atoms with van der Waals surface area (Å²) in [4.78, 5) is 11.7. The molecule has 1 unspecified atom stereocenters. The molecule has 2 aromatic carbocycles. The van der Waals surface area contributed by atoms with Gasteiger partial charge in [0.15, 0.2) is 0 Å². The number of hydrogen-bond donors (Lipinski definition) is 0. The molecule has 0 radical (unpaired) electrons. The van der Waals surface area contributed by atoms with Crippen molar-refractivity contribution < 1.29 is 14.2 Å². The number of ether oxygens (including phenoxy) is 3. The molecule has 2 aliphatic rings. The molecule has 36 heavy (non-hydrogen) atoms. The largest absolute Gasteiger partial charge is 0.497 e. The van der Waals surface area contributed by atoms with Crippen molar-refractivity contribution in [1.29, 1.82) is 0 Å². The molecule has 3 heterocycles. The van der Waals surface area contributed by atoms with Crippen molar-refractivity contribution in [2.45, 2.75) is 18.8 Å². The molecule has 0 saturated carbocycles. The Balaban J connectivity index is 1.39. The number of terminal acetylenes is 1. The van der Waals surface area contributed by atoms with Crippen LogP contribution in [0.3, 0.4) is 0 Å². The first kappa shape index (κ1) is 23.9. The van der Waals surface area contributed by atoms with Gasteiger partial charge in [-0.05, 0) is 37.0 Å². The molecule has 1 atom stereocenters. The average molecular weight is 486 g/mol. The number of rotatable bonds is 8. The molecule has 0 bridgehead atoms. The number of hydrazone groups is 1. The molecule has 8 heteroatoms. The number of aromatic nitrogens is 2. The van der Waals surface area contributed by atoms with Gasteiger partial charge in [-0.15, -0.1) is 6.42 Å². The summed E-state index contributed by atoms with van der Waals surface area (Å²) in [5, 5.41) is 6.82. The lowest BCUT2D eigenvalue weighted by molar-refractivity contribution is 0.0540. The van der Waals surface area contributed by atoms with Gasteiger partial charge < -0.3 is 19.1 Å². The Kier molecular flexibility index (Phi) is 7.19. The molecule has 1 fully saturated rings. The van der Waals surface area contributed by atoms with E-state index >= 15 is 0 Å². The Hall–Kier alpha value is -3.83. The van der Waals surface area contributed by atoms with Gasteiger partial charge in [0.05, 0.1) is 43.4 Å². The van der Waals surface area contributed by atoms with Crippen molar-refractivity contribution >= 4 is 28.6 Å². The minimum Gasteiger partial charge on any atom is -0.497 e. The topological polar surface area (TPSA) is 72.3 Å². The van der Waals surface area contributed by atoms with E-state index in [4.69, 9.17) is 25.6 Å². The van der Waals surface area contributed by atoms with Gasteiger partial charge in [-0.1, -0.05) is 5.92 Å². The van der Waals surface area contributed by atoms with Crippen molar-refractivity contribution in [3.05, 3.63) is 48.3 Å². The number of benzene rings is 2. The maximum atomic E-state index is 5.74. The van der Waals surface area contributed by atoms with Gasteiger partial charge in [-0.2, -0.15) is 5.10 Å².